The van der Waals surface area contributed by atoms with Crippen LogP contribution in [0.3, 0.4) is 0 Å². The Morgan fingerprint density at radius 2 is 1.37 bits per heavy atom. The first-order chi connectivity index (χ1) is 19.6. The van der Waals surface area contributed by atoms with Crippen LogP contribution in [0.4, 0.5) is 0 Å². The Balaban J connectivity index is 1.82. The first-order valence-electron chi connectivity index (χ1n) is 14.4. The Kier molecular flexibility index (Phi) is 12.5. The number of carbonyl (C=O) groups excluding carboxylic acids is 3. The van der Waals surface area contributed by atoms with Crippen molar-refractivity contribution in [1.29, 1.82) is 0 Å². The minimum Gasteiger partial charge on any atom is -0.427 e. The van der Waals surface area contributed by atoms with E-state index in [1.165, 1.54) is 0 Å². The quantitative estimate of drug-likeness (QED) is 0.218. The fourth-order valence-corrected chi connectivity index (χ4v) is 5.25. The molecule has 0 spiro atoms. The van der Waals surface area contributed by atoms with Crippen molar-refractivity contribution in [1.82, 2.24) is 5.32 Å². The molecule has 3 aromatic carbocycles. The van der Waals surface area contributed by atoms with Crippen LogP contribution in [0, 0.1) is 18.8 Å². The van der Waals surface area contributed by atoms with Gasteiger partial charge in [0.25, 0.3) is 0 Å². The zero-order valence-corrected chi connectivity index (χ0v) is 24.3. The number of benzene rings is 3. The summed E-state index contributed by atoms with van der Waals surface area (Å²) in [5.74, 6) is -1.77. The van der Waals surface area contributed by atoms with E-state index in [1.807, 2.05) is 106 Å². The second kappa shape index (κ2) is 16.0. The van der Waals surface area contributed by atoms with E-state index in [1.54, 1.807) is 0 Å². The zero-order chi connectivity index (χ0) is 29.8. The molecule has 0 radical (unpaired) electrons. The largest absolute Gasteiger partial charge is 0.455 e. The molecule has 0 aliphatic carbocycles. The number of rotatable bonds is 16. The Bertz CT molecular complexity index is 1260. The Hall–Kier alpha value is -3.55. The Morgan fingerprint density at radius 3 is 1.93 bits per heavy atom. The van der Waals surface area contributed by atoms with Gasteiger partial charge in [-0.1, -0.05) is 104 Å². The summed E-state index contributed by atoms with van der Waals surface area (Å²) in [5.41, 5.74) is 3.79. The predicted molar refractivity (Wildman–Crippen MR) is 163 cm³/mol. The summed E-state index contributed by atoms with van der Waals surface area (Å²) in [6.45, 7) is 5.90. The summed E-state index contributed by atoms with van der Waals surface area (Å²) in [5, 5.41) is 22.8. The van der Waals surface area contributed by atoms with E-state index in [4.69, 9.17) is 0 Å². The van der Waals surface area contributed by atoms with E-state index in [9.17, 15) is 24.4 Å². The average Bonchev–Trinajstić information content (AvgIpc) is 2.92. The molecule has 3 rings (SSSR count). The van der Waals surface area contributed by atoms with Gasteiger partial charge in [-0.05, 0) is 48.8 Å². The maximum atomic E-state index is 13.8. The lowest BCUT2D eigenvalue weighted by atomic mass is 9.66. The fourth-order valence-electron chi connectivity index (χ4n) is 5.25. The third-order valence-corrected chi connectivity index (χ3v) is 7.30. The van der Waals surface area contributed by atoms with E-state index in [0.29, 0.717) is 12.8 Å². The molecule has 0 aliphatic heterocycles. The predicted octanol–water partition coefficient (Wildman–Crippen LogP) is 4.93. The molecule has 3 atom stereocenters. The first kappa shape index (κ1) is 32.0. The van der Waals surface area contributed by atoms with Crippen LogP contribution in [0.1, 0.15) is 55.4 Å². The molecule has 3 aromatic rings. The van der Waals surface area contributed by atoms with Crippen LogP contribution in [-0.4, -0.2) is 40.7 Å². The van der Waals surface area contributed by atoms with Gasteiger partial charge in [0.2, 0.25) is 5.91 Å². The van der Waals surface area contributed by atoms with Crippen LogP contribution in [0.15, 0.2) is 84.9 Å². The molecule has 0 fully saturated rings. The van der Waals surface area contributed by atoms with Gasteiger partial charge in [-0.15, -0.1) is 0 Å². The van der Waals surface area contributed by atoms with Crippen molar-refractivity contribution in [2.24, 2.45) is 11.8 Å². The second-order valence-electron chi connectivity index (χ2n) is 11.5. The standard InChI is InChI=1S/C34H42BNO5/c1-24(2)17-30(35(40)41)23-33(38)32(21-27-14-8-5-9-15-27)36-34(39)29(19-26-12-6-4-7-13-26)22-31(37)20-28-16-10-11-25(3)18-28/h4-16,18,24,29-30,32,40-41H,17,19-23H2,1-3H3,(H,36,39)/t29-,30-,32+/m1/s1. The number of hydrogen-bond acceptors (Lipinski definition) is 5. The molecule has 41 heavy (non-hydrogen) atoms. The summed E-state index contributed by atoms with van der Waals surface area (Å²) in [7, 11) is -1.63. The van der Waals surface area contributed by atoms with E-state index in [-0.39, 0.29) is 49.1 Å². The van der Waals surface area contributed by atoms with Gasteiger partial charge >= 0.3 is 7.12 Å². The van der Waals surface area contributed by atoms with Gasteiger partial charge in [0.15, 0.2) is 5.78 Å². The van der Waals surface area contributed by atoms with Crippen molar-refractivity contribution in [3.8, 4) is 0 Å². The maximum Gasteiger partial charge on any atom is 0.455 e. The average molecular weight is 556 g/mol. The number of Topliss-reactive ketones (excluding diaryl/α,β-unsaturated/α-hetero) is 2. The molecule has 6 nitrogen and oxygen atoms in total. The Morgan fingerprint density at radius 1 is 0.780 bits per heavy atom. The summed E-state index contributed by atoms with van der Waals surface area (Å²) >= 11 is 0. The molecule has 0 heterocycles. The van der Waals surface area contributed by atoms with Gasteiger partial charge in [0.05, 0.1) is 6.04 Å². The van der Waals surface area contributed by atoms with Crippen LogP contribution in [0.2, 0.25) is 5.82 Å². The zero-order valence-electron chi connectivity index (χ0n) is 24.3. The lowest BCUT2D eigenvalue weighted by Gasteiger charge is -2.25. The van der Waals surface area contributed by atoms with Crippen molar-refractivity contribution in [3.63, 3.8) is 0 Å². The molecular weight excluding hydrogens is 513 g/mol. The Labute approximate surface area is 244 Å². The van der Waals surface area contributed by atoms with E-state index in [0.717, 1.165) is 22.3 Å². The molecule has 0 aliphatic rings. The molecule has 3 N–H and O–H groups in total. The van der Waals surface area contributed by atoms with Crippen LogP contribution < -0.4 is 5.32 Å². The highest BCUT2D eigenvalue weighted by atomic mass is 16.4. The van der Waals surface area contributed by atoms with E-state index in [2.05, 4.69) is 5.32 Å². The lowest BCUT2D eigenvalue weighted by molar-refractivity contribution is -0.132. The molecule has 0 saturated carbocycles. The summed E-state index contributed by atoms with van der Waals surface area (Å²) in [6.07, 6.45) is 1.33. The molecule has 0 unspecified atom stereocenters. The fraction of sp³-hybridized carbons (Fsp3) is 0.382. The summed E-state index contributed by atoms with van der Waals surface area (Å²) < 4.78 is 0. The first-order valence-corrected chi connectivity index (χ1v) is 14.4. The molecule has 7 heteroatoms. The molecular formula is C34H42BNO5. The van der Waals surface area contributed by atoms with E-state index >= 15 is 0 Å². The van der Waals surface area contributed by atoms with E-state index < -0.39 is 24.9 Å². The van der Waals surface area contributed by atoms with Gasteiger partial charge in [-0.3, -0.25) is 14.4 Å². The van der Waals surface area contributed by atoms with Gasteiger partial charge < -0.3 is 15.4 Å². The molecule has 0 saturated heterocycles. The smallest absolute Gasteiger partial charge is 0.427 e. The number of carbonyl (C=O) groups is 3. The molecule has 216 valence electrons. The maximum absolute atomic E-state index is 13.8. The highest BCUT2D eigenvalue weighted by molar-refractivity contribution is 6.43. The molecule has 1 amide bonds. The number of aryl methyl sites for hydroxylation is 1. The topological polar surface area (TPSA) is 104 Å². The number of ketones is 2. The third kappa shape index (κ3) is 11.1. The van der Waals surface area contributed by atoms with Gasteiger partial charge in [-0.25, -0.2) is 0 Å². The third-order valence-electron chi connectivity index (χ3n) is 7.30. The summed E-state index contributed by atoms with van der Waals surface area (Å²) in [6, 6.07) is 25.9. The van der Waals surface area contributed by atoms with Crippen molar-refractivity contribution < 1.29 is 24.4 Å². The van der Waals surface area contributed by atoms with Gasteiger partial charge in [0.1, 0.15) is 5.78 Å². The highest BCUT2D eigenvalue weighted by Gasteiger charge is 2.32. The highest BCUT2D eigenvalue weighted by Crippen LogP contribution is 2.25. The number of hydrogen-bond donors (Lipinski definition) is 3. The van der Waals surface area contributed by atoms with Crippen LogP contribution >= 0.6 is 0 Å². The normalized spacial score (nSPS) is 13.3. The van der Waals surface area contributed by atoms with Crippen LogP contribution in [0.5, 0.6) is 0 Å². The second-order valence-corrected chi connectivity index (χ2v) is 11.5. The van der Waals surface area contributed by atoms with Crippen LogP contribution in [0.25, 0.3) is 0 Å². The SMILES string of the molecule is Cc1cccc(CC(=O)C[C@@H](Cc2ccccc2)C(=O)N[C@@H](Cc2ccccc2)C(=O)C[C@@H](CC(C)C)B(O)O)c1. The van der Waals surface area contributed by atoms with Crippen LogP contribution in [-0.2, 0) is 33.6 Å². The minimum atomic E-state index is -1.63. The van der Waals surface area contributed by atoms with Crippen molar-refractivity contribution in [2.75, 3.05) is 0 Å². The monoisotopic (exact) mass is 555 g/mol. The van der Waals surface area contributed by atoms with Crippen molar-refractivity contribution >= 4 is 24.6 Å². The number of amides is 1. The van der Waals surface area contributed by atoms with Crippen molar-refractivity contribution in [3.05, 3.63) is 107 Å². The molecule has 0 bridgehead atoms. The van der Waals surface area contributed by atoms with Gasteiger partial charge in [-0.2, -0.15) is 0 Å². The summed E-state index contributed by atoms with van der Waals surface area (Å²) in [4.78, 5) is 40.5. The van der Waals surface area contributed by atoms with Crippen molar-refractivity contribution in [2.45, 2.75) is 71.2 Å². The minimum absolute atomic E-state index is 0.0435. The number of nitrogens with one attached hydrogen (secondary N) is 1. The molecule has 0 aromatic heterocycles. The van der Waals surface area contributed by atoms with Gasteiger partial charge in [0, 0.05) is 31.0 Å². The lowest BCUT2D eigenvalue weighted by Crippen LogP contribution is -2.46.